The predicted octanol–water partition coefficient (Wildman–Crippen LogP) is 4.63. The highest BCUT2D eigenvalue weighted by molar-refractivity contribution is 5.75. The van der Waals surface area contributed by atoms with Crippen molar-refractivity contribution in [3.63, 3.8) is 0 Å². The molecule has 0 radical (unpaired) electrons. The van der Waals surface area contributed by atoms with Crippen LogP contribution >= 0.6 is 0 Å². The fourth-order valence-electron chi connectivity index (χ4n) is 4.89. The molecule has 1 atom stereocenters. The monoisotopic (exact) mass is 432 g/mol. The van der Waals surface area contributed by atoms with Gasteiger partial charge in [0, 0.05) is 29.9 Å². The maximum atomic E-state index is 13.5. The van der Waals surface area contributed by atoms with Gasteiger partial charge in [-0.15, -0.1) is 0 Å². The Morgan fingerprint density at radius 2 is 1.84 bits per heavy atom. The molecule has 2 aliphatic heterocycles. The molecule has 0 saturated heterocycles. The number of anilines is 1. The van der Waals surface area contributed by atoms with Crippen LogP contribution in [0.25, 0.3) is 6.08 Å². The highest BCUT2D eigenvalue weighted by atomic mass is 19.1. The van der Waals surface area contributed by atoms with Gasteiger partial charge in [0.05, 0.1) is 12.5 Å². The van der Waals surface area contributed by atoms with Gasteiger partial charge in [0.2, 0.25) is 5.72 Å². The van der Waals surface area contributed by atoms with Gasteiger partial charge in [-0.05, 0) is 55.3 Å². The molecule has 0 bridgehead atoms. The molecule has 164 valence electrons. The van der Waals surface area contributed by atoms with Gasteiger partial charge < -0.3 is 25.1 Å². The zero-order chi connectivity index (χ0) is 22.5. The summed E-state index contributed by atoms with van der Waals surface area (Å²) in [5.74, 6) is 0.858. The van der Waals surface area contributed by atoms with E-state index in [0.29, 0.717) is 23.7 Å². The second-order valence-corrected chi connectivity index (χ2v) is 8.75. The van der Waals surface area contributed by atoms with Gasteiger partial charge in [-0.1, -0.05) is 30.3 Å². The summed E-state index contributed by atoms with van der Waals surface area (Å²) in [5, 5.41) is 11.4. The maximum Gasteiger partial charge on any atom is 0.212 e. The van der Waals surface area contributed by atoms with E-state index in [0.717, 1.165) is 22.3 Å². The van der Waals surface area contributed by atoms with Crippen molar-refractivity contribution >= 4 is 17.5 Å². The van der Waals surface area contributed by atoms with E-state index in [1.807, 2.05) is 18.2 Å². The van der Waals surface area contributed by atoms with E-state index in [1.54, 1.807) is 31.4 Å². The fourth-order valence-corrected chi connectivity index (χ4v) is 4.89. The van der Waals surface area contributed by atoms with Crippen molar-refractivity contribution in [3.8, 4) is 11.5 Å². The summed E-state index contributed by atoms with van der Waals surface area (Å²) in [4.78, 5) is 2.22. The van der Waals surface area contributed by atoms with Gasteiger partial charge in [0.1, 0.15) is 11.5 Å². The summed E-state index contributed by atoms with van der Waals surface area (Å²) in [6, 6.07) is 18.3. The largest absolute Gasteiger partial charge is 0.630 e. The van der Waals surface area contributed by atoms with Gasteiger partial charge in [0.25, 0.3) is 0 Å². The number of fused-ring (bicyclic) bond motifs is 2. The van der Waals surface area contributed by atoms with Crippen molar-refractivity contribution in [2.24, 2.45) is 0 Å². The molecule has 0 amide bonds. The number of methoxy groups -OCH3 is 1. The molecule has 5 rings (SSSR count). The van der Waals surface area contributed by atoms with E-state index >= 15 is 0 Å². The molecule has 0 fully saturated rings. The standard InChI is InChI=1S/C26H25FN2O3/c1-25(2)21-6-4-5-7-22(21)29(16-17-8-10-19(27)11-9-17)26(25)13-12-18-14-20(28-30)15-23(31-3)24(18)32-26/h4-15H,16,28H2,1-3H3. The molecule has 6 heteroatoms. The topological polar surface area (TPSA) is 61.4 Å². The van der Waals surface area contributed by atoms with Crippen LogP contribution < -0.4 is 19.9 Å². The van der Waals surface area contributed by atoms with E-state index in [2.05, 4.69) is 37.0 Å². The Morgan fingerprint density at radius 3 is 2.56 bits per heavy atom. The van der Waals surface area contributed by atoms with Crippen LogP contribution in [0.3, 0.4) is 0 Å². The van der Waals surface area contributed by atoms with Gasteiger partial charge in [-0.25, -0.2) is 4.39 Å². The summed E-state index contributed by atoms with van der Waals surface area (Å²) in [6.45, 7) is 4.87. The van der Waals surface area contributed by atoms with Crippen LogP contribution in [-0.4, -0.2) is 12.8 Å². The van der Waals surface area contributed by atoms with Crippen molar-refractivity contribution < 1.29 is 19.3 Å². The molecule has 1 spiro atoms. The van der Waals surface area contributed by atoms with Crippen molar-refractivity contribution in [1.82, 2.24) is 0 Å². The summed E-state index contributed by atoms with van der Waals surface area (Å²) >= 11 is 0. The number of ether oxygens (including phenoxy) is 2. The van der Waals surface area contributed by atoms with E-state index in [4.69, 9.17) is 9.47 Å². The zero-order valence-corrected chi connectivity index (χ0v) is 18.3. The molecule has 2 N–H and O–H groups in total. The van der Waals surface area contributed by atoms with Crippen LogP contribution in [0.4, 0.5) is 15.8 Å². The molecule has 0 aromatic heterocycles. The molecule has 5 nitrogen and oxygen atoms in total. The molecule has 3 aromatic rings. The molecule has 2 aliphatic rings. The number of para-hydroxylation sites is 1. The van der Waals surface area contributed by atoms with Gasteiger partial charge in [-0.3, -0.25) is 0 Å². The van der Waals surface area contributed by atoms with Gasteiger partial charge in [0.15, 0.2) is 11.5 Å². The lowest BCUT2D eigenvalue weighted by molar-refractivity contribution is -0.497. The van der Waals surface area contributed by atoms with Gasteiger partial charge in [-0.2, -0.15) is 0 Å². The number of quaternary nitrogens is 1. The molecule has 1 unspecified atom stereocenters. The number of nitrogens with zero attached hydrogens (tertiary/aromatic N) is 1. The molecule has 0 saturated carbocycles. The number of hydrogen-bond donors (Lipinski definition) is 1. The summed E-state index contributed by atoms with van der Waals surface area (Å²) in [7, 11) is 1.57. The lowest BCUT2D eigenvalue weighted by atomic mass is 9.76. The second-order valence-electron chi connectivity index (χ2n) is 8.75. The highest BCUT2D eigenvalue weighted by Crippen LogP contribution is 2.56. The van der Waals surface area contributed by atoms with Crippen LogP contribution in [0.2, 0.25) is 0 Å². The van der Waals surface area contributed by atoms with Crippen molar-refractivity contribution in [3.05, 3.63) is 94.5 Å². The molecular weight excluding hydrogens is 407 g/mol. The maximum absolute atomic E-state index is 13.5. The SMILES string of the molecule is COc1cc([NH2+][O-])cc2c1OC1(C=C2)N(Cc2ccc(F)cc2)c2ccccc2C1(C)C. The lowest BCUT2D eigenvalue weighted by Crippen LogP contribution is -2.70. The summed E-state index contributed by atoms with van der Waals surface area (Å²) in [5.41, 5.74) is 4.09. The van der Waals surface area contributed by atoms with E-state index in [-0.39, 0.29) is 5.82 Å². The van der Waals surface area contributed by atoms with Crippen molar-refractivity contribution in [2.45, 2.75) is 31.5 Å². The van der Waals surface area contributed by atoms with Crippen molar-refractivity contribution in [2.75, 3.05) is 12.0 Å². The van der Waals surface area contributed by atoms with Crippen LogP contribution in [0.15, 0.2) is 66.7 Å². The Labute approximate surface area is 186 Å². The van der Waals surface area contributed by atoms with E-state index in [9.17, 15) is 9.60 Å². The van der Waals surface area contributed by atoms with Crippen LogP contribution in [0.1, 0.15) is 30.5 Å². The van der Waals surface area contributed by atoms with E-state index < -0.39 is 11.1 Å². The zero-order valence-electron chi connectivity index (χ0n) is 18.3. The quantitative estimate of drug-likeness (QED) is 0.483. The Balaban J connectivity index is 1.67. The number of hydrogen-bond acceptors (Lipinski definition) is 4. The third kappa shape index (κ3) is 2.91. The van der Waals surface area contributed by atoms with Gasteiger partial charge >= 0.3 is 0 Å². The first kappa shape index (κ1) is 20.5. The number of nitrogens with two attached hydrogens (primary N) is 1. The molecule has 32 heavy (non-hydrogen) atoms. The Bertz CT molecular complexity index is 1210. The number of benzene rings is 3. The van der Waals surface area contributed by atoms with Crippen molar-refractivity contribution in [1.29, 1.82) is 0 Å². The normalized spacial score (nSPS) is 20.1. The molecular formula is C26H25FN2O3. The summed E-state index contributed by atoms with van der Waals surface area (Å²) in [6.07, 6.45) is 4.06. The Kier molecular flexibility index (Phi) is 4.73. The molecule has 0 aliphatic carbocycles. The minimum Gasteiger partial charge on any atom is -0.630 e. The Morgan fingerprint density at radius 1 is 1.09 bits per heavy atom. The minimum atomic E-state index is -0.839. The summed E-state index contributed by atoms with van der Waals surface area (Å²) < 4.78 is 26.0. The third-order valence-corrected chi connectivity index (χ3v) is 6.63. The number of halogens is 1. The van der Waals surface area contributed by atoms with Crippen LogP contribution in [0, 0.1) is 11.0 Å². The first-order valence-electron chi connectivity index (χ1n) is 10.6. The average molecular weight is 432 g/mol. The average Bonchev–Trinajstić information content (AvgIpc) is 2.98. The molecule has 3 aromatic carbocycles. The van der Waals surface area contributed by atoms with Crippen LogP contribution in [0.5, 0.6) is 11.5 Å². The smallest absolute Gasteiger partial charge is 0.212 e. The fraction of sp³-hybridized carbons (Fsp3) is 0.231. The third-order valence-electron chi connectivity index (χ3n) is 6.63. The van der Waals surface area contributed by atoms with E-state index in [1.165, 1.54) is 17.7 Å². The van der Waals surface area contributed by atoms with Crippen LogP contribution in [-0.2, 0) is 12.0 Å². The number of rotatable bonds is 4. The molecule has 2 heterocycles. The minimum absolute atomic E-state index is 0.260. The first-order chi connectivity index (χ1) is 15.4. The Hall–Kier alpha value is -3.35. The first-order valence-corrected chi connectivity index (χ1v) is 10.6. The predicted molar refractivity (Wildman–Crippen MR) is 122 cm³/mol. The highest BCUT2D eigenvalue weighted by Gasteiger charge is 2.59. The second kappa shape index (κ2) is 7.36. The lowest BCUT2D eigenvalue weighted by Gasteiger charge is -2.47.